The van der Waals surface area contributed by atoms with E-state index < -0.39 is 5.97 Å². The van der Waals surface area contributed by atoms with Gasteiger partial charge in [-0.3, -0.25) is 24.4 Å². The van der Waals surface area contributed by atoms with Crippen LogP contribution in [0, 0.1) is 0 Å². The standard InChI is InChI=1S/C26H26N4O4S/c1-34-23(31)15-18-16-35-26(27-18)28-24(32)17-12-13-22-21(14-17)25(33)30(20-10-6-3-7-11-20)29(22)19-8-4-2-5-9-19/h3,6-7,10-14,16,19H,2,4-5,8-9,15H2,1H3,(H,27,28,32). The zero-order chi connectivity index (χ0) is 24.4. The van der Waals surface area contributed by atoms with Gasteiger partial charge >= 0.3 is 5.97 Å². The van der Waals surface area contributed by atoms with Gasteiger partial charge < -0.3 is 4.74 Å². The summed E-state index contributed by atoms with van der Waals surface area (Å²) in [5, 5.41) is 5.37. The number of benzene rings is 2. The molecule has 5 rings (SSSR count). The molecule has 0 aliphatic heterocycles. The Morgan fingerprint density at radius 3 is 2.63 bits per heavy atom. The van der Waals surface area contributed by atoms with Crippen molar-refractivity contribution in [2.75, 3.05) is 12.4 Å². The first-order valence-corrected chi connectivity index (χ1v) is 12.6. The summed E-state index contributed by atoms with van der Waals surface area (Å²) in [5.41, 5.74) is 2.41. The Morgan fingerprint density at radius 1 is 1.11 bits per heavy atom. The maximum Gasteiger partial charge on any atom is 0.311 e. The number of amides is 1. The molecule has 180 valence electrons. The first-order chi connectivity index (χ1) is 17.0. The summed E-state index contributed by atoms with van der Waals surface area (Å²) in [7, 11) is 1.32. The number of para-hydroxylation sites is 1. The summed E-state index contributed by atoms with van der Waals surface area (Å²) < 4.78 is 8.53. The second-order valence-electron chi connectivity index (χ2n) is 8.67. The lowest BCUT2D eigenvalue weighted by Crippen LogP contribution is -2.25. The molecule has 2 aromatic carbocycles. The lowest BCUT2D eigenvalue weighted by atomic mass is 9.95. The molecule has 2 heterocycles. The van der Waals surface area contributed by atoms with Gasteiger partial charge in [0.1, 0.15) is 0 Å². The van der Waals surface area contributed by atoms with Gasteiger partial charge in [-0.2, -0.15) is 0 Å². The van der Waals surface area contributed by atoms with Crippen molar-refractivity contribution >= 4 is 39.2 Å². The molecule has 1 saturated carbocycles. The Labute approximate surface area is 206 Å². The highest BCUT2D eigenvalue weighted by Crippen LogP contribution is 2.32. The van der Waals surface area contributed by atoms with E-state index in [9.17, 15) is 14.4 Å². The number of hydrogen-bond donors (Lipinski definition) is 1. The summed E-state index contributed by atoms with van der Waals surface area (Å²) >= 11 is 1.23. The van der Waals surface area contributed by atoms with Crippen molar-refractivity contribution in [3.05, 3.63) is 75.5 Å². The third-order valence-corrected chi connectivity index (χ3v) is 7.20. The van der Waals surface area contributed by atoms with E-state index in [0.29, 0.717) is 21.8 Å². The maximum absolute atomic E-state index is 13.6. The smallest absolute Gasteiger partial charge is 0.311 e. The number of esters is 1. The van der Waals surface area contributed by atoms with E-state index in [-0.39, 0.29) is 23.9 Å². The molecule has 0 bridgehead atoms. The highest BCUT2D eigenvalue weighted by atomic mass is 32.1. The molecular weight excluding hydrogens is 464 g/mol. The molecule has 0 spiro atoms. The monoisotopic (exact) mass is 490 g/mol. The van der Waals surface area contributed by atoms with Crippen LogP contribution in [0.1, 0.15) is 54.2 Å². The van der Waals surface area contributed by atoms with Crippen LogP contribution in [0.5, 0.6) is 0 Å². The quantitative estimate of drug-likeness (QED) is 0.395. The summed E-state index contributed by atoms with van der Waals surface area (Å²) in [4.78, 5) is 42.3. The van der Waals surface area contributed by atoms with Crippen molar-refractivity contribution < 1.29 is 14.3 Å². The predicted octanol–water partition coefficient (Wildman–Crippen LogP) is 4.72. The molecule has 0 radical (unpaired) electrons. The topological polar surface area (TPSA) is 95.2 Å². The number of rotatable bonds is 6. The number of carbonyl (C=O) groups is 2. The van der Waals surface area contributed by atoms with Crippen molar-refractivity contribution in [3.63, 3.8) is 0 Å². The molecule has 0 atom stereocenters. The number of carbonyl (C=O) groups excluding carboxylic acids is 2. The van der Waals surface area contributed by atoms with Crippen molar-refractivity contribution in [1.82, 2.24) is 14.3 Å². The fourth-order valence-corrected chi connectivity index (χ4v) is 5.40. The van der Waals surface area contributed by atoms with E-state index in [2.05, 4.69) is 19.7 Å². The van der Waals surface area contributed by atoms with Gasteiger partial charge in [0.05, 0.1) is 41.9 Å². The predicted molar refractivity (Wildman–Crippen MR) is 135 cm³/mol. The zero-order valence-corrected chi connectivity index (χ0v) is 20.2. The average Bonchev–Trinajstić information content (AvgIpc) is 3.45. The number of ether oxygens (including phenoxy) is 1. The Bertz CT molecular complexity index is 1430. The minimum Gasteiger partial charge on any atom is -0.469 e. The van der Waals surface area contributed by atoms with E-state index in [1.165, 1.54) is 24.9 Å². The van der Waals surface area contributed by atoms with E-state index in [1.807, 2.05) is 36.4 Å². The van der Waals surface area contributed by atoms with Crippen molar-refractivity contribution in [3.8, 4) is 5.69 Å². The Morgan fingerprint density at radius 2 is 1.89 bits per heavy atom. The van der Waals surface area contributed by atoms with Crippen LogP contribution in [0.25, 0.3) is 16.6 Å². The lowest BCUT2D eigenvalue weighted by Gasteiger charge is -2.26. The van der Waals surface area contributed by atoms with Crippen molar-refractivity contribution in [1.29, 1.82) is 0 Å². The van der Waals surface area contributed by atoms with Crippen LogP contribution in [0.15, 0.2) is 58.7 Å². The summed E-state index contributed by atoms with van der Waals surface area (Å²) in [5.74, 6) is -0.752. The largest absolute Gasteiger partial charge is 0.469 e. The first-order valence-electron chi connectivity index (χ1n) is 11.7. The molecule has 2 aromatic heterocycles. The number of nitrogens with one attached hydrogen (secondary N) is 1. The number of fused-ring (bicyclic) bond motifs is 1. The molecule has 1 aliphatic carbocycles. The molecule has 35 heavy (non-hydrogen) atoms. The fraction of sp³-hybridized carbons (Fsp3) is 0.308. The van der Waals surface area contributed by atoms with Gasteiger partial charge in [0, 0.05) is 10.9 Å². The number of anilines is 1. The third kappa shape index (κ3) is 4.64. The number of methoxy groups -OCH3 is 1. The second kappa shape index (κ2) is 9.87. The Balaban J connectivity index is 1.50. The maximum atomic E-state index is 13.6. The molecular formula is C26H26N4O4S. The lowest BCUT2D eigenvalue weighted by molar-refractivity contribution is -0.139. The van der Waals surface area contributed by atoms with Crippen LogP contribution < -0.4 is 10.9 Å². The van der Waals surface area contributed by atoms with E-state index in [0.717, 1.165) is 36.9 Å². The van der Waals surface area contributed by atoms with Gasteiger partial charge in [0.2, 0.25) is 0 Å². The number of hydrogen-bond acceptors (Lipinski definition) is 6. The third-order valence-electron chi connectivity index (χ3n) is 6.39. The zero-order valence-electron chi connectivity index (χ0n) is 19.4. The van der Waals surface area contributed by atoms with Gasteiger partial charge in [0.15, 0.2) is 5.13 Å². The van der Waals surface area contributed by atoms with Gasteiger partial charge in [-0.1, -0.05) is 37.5 Å². The summed E-state index contributed by atoms with van der Waals surface area (Å²) in [6, 6.07) is 15.1. The number of nitrogens with zero attached hydrogens (tertiary/aromatic N) is 3. The first kappa shape index (κ1) is 23.0. The molecule has 4 aromatic rings. The molecule has 9 heteroatoms. The van der Waals surface area contributed by atoms with Crippen LogP contribution in [0.3, 0.4) is 0 Å². The van der Waals surface area contributed by atoms with Crippen molar-refractivity contribution in [2.24, 2.45) is 0 Å². The van der Waals surface area contributed by atoms with E-state index in [1.54, 1.807) is 22.2 Å². The minimum atomic E-state index is -0.393. The molecule has 1 N–H and O–H groups in total. The Hall–Kier alpha value is -3.72. The van der Waals surface area contributed by atoms with Crippen LogP contribution in [0.2, 0.25) is 0 Å². The minimum absolute atomic E-state index is 0.0442. The molecule has 1 amide bonds. The van der Waals surface area contributed by atoms with Crippen LogP contribution >= 0.6 is 11.3 Å². The molecule has 0 unspecified atom stereocenters. The molecule has 8 nitrogen and oxygen atoms in total. The summed E-state index contributed by atoms with van der Waals surface area (Å²) in [6.45, 7) is 0. The highest BCUT2D eigenvalue weighted by Gasteiger charge is 2.24. The normalized spacial score (nSPS) is 14.2. The van der Waals surface area contributed by atoms with Crippen molar-refractivity contribution in [2.45, 2.75) is 44.6 Å². The molecule has 0 saturated heterocycles. The molecule has 1 fully saturated rings. The average molecular weight is 491 g/mol. The SMILES string of the molecule is COC(=O)Cc1csc(NC(=O)c2ccc3c(c2)c(=O)n(-c2ccccc2)n3C2CCCCC2)n1. The van der Waals surface area contributed by atoms with Crippen LogP contribution in [-0.2, 0) is 16.0 Å². The van der Waals surface area contributed by atoms with Gasteiger partial charge in [-0.25, -0.2) is 9.67 Å². The van der Waals surface area contributed by atoms with Gasteiger partial charge in [0.25, 0.3) is 11.5 Å². The number of aromatic nitrogens is 3. The van der Waals surface area contributed by atoms with Gasteiger partial charge in [-0.05, 0) is 43.2 Å². The Kier molecular flexibility index (Phi) is 6.50. The second-order valence-corrected chi connectivity index (χ2v) is 9.53. The van der Waals surface area contributed by atoms with Gasteiger partial charge in [-0.15, -0.1) is 11.3 Å². The number of thiazole rings is 1. The summed E-state index contributed by atoms with van der Waals surface area (Å²) in [6.07, 6.45) is 5.59. The molecule has 1 aliphatic rings. The highest BCUT2D eigenvalue weighted by molar-refractivity contribution is 7.14. The van der Waals surface area contributed by atoms with E-state index in [4.69, 9.17) is 0 Å². The fourth-order valence-electron chi connectivity index (χ4n) is 4.70. The van der Waals surface area contributed by atoms with Crippen LogP contribution in [-0.4, -0.2) is 33.3 Å². The van der Waals surface area contributed by atoms with E-state index >= 15 is 0 Å². The van der Waals surface area contributed by atoms with Crippen LogP contribution in [0.4, 0.5) is 5.13 Å².